The highest BCUT2D eigenvalue weighted by Gasteiger charge is 2.45. The third-order valence-electron chi connectivity index (χ3n) is 5.72. The van der Waals surface area contributed by atoms with Crippen LogP contribution < -0.4 is 0 Å². The molecule has 0 unspecified atom stereocenters. The molecule has 1 spiro atoms. The molecule has 152 valence electrons. The third-order valence-corrected chi connectivity index (χ3v) is 7.66. The lowest BCUT2D eigenvalue weighted by Crippen LogP contribution is -2.57. The van der Waals surface area contributed by atoms with Gasteiger partial charge in [0.05, 0.1) is 12.1 Å². The predicted molar refractivity (Wildman–Crippen MR) is 103 cm³/mol. The zero-order valence-electron chi connectivity index (χ0n) is 16.3. The predicted octanol–water partition coefficient (Wildman–Crippen LogP) is 1.13. The maximum atomic E-state index is 13.4. The van der Waals surface area contributed by atoms with Gasteiger partial charge in [0, 0.05) is 39.3 Å². The summed E-state index contributed by atoms with van der Waals surface area (Å²) >= 11 is 0. The minimum Gasteiger partial charge on any atom is -0.302 e. The standard InChI is InChI=1S/C18H25FN6O2S/c1-22(2)28(26,27)24-10-8-18(9-11-24)13-23(3)12-16-20-21-17(25(16)18)14-4-6-15(19)7-5-14/h4-7H,8-13H2,1-3H3. The number of fused-ring (bicyclic) bond motifs is 2. The number of hydrogen-bond acceptors (Lipinski definition) is 5. The van der Waals surface area contributed by atoms with E-state index in [0.717, 1.165) is 17.9 Å². The van der Waals surface area contributed by atoms with Gasteiger partial charge in [0.2, 0.25) is 0 Å². The molecule has 2 aromatic rings. The van der Waals surface area contributed by atoms with Crippen LogP contribution >= 0.6 is 0 Å². The summed E-state index contributed by atoms with van der Waals surface area (Å²) in [5.41, 5.74) is 0.529. The van der Waals surface area contributed by atoms with Crippen molar-refractivity contribution in [2.24, 2.45) is 0 Å². The van der Waals surface area contributed by atoms with Crippen molar-refractivity contribution in [3.8, 4) is 11.4 Å². The number of nitrogens with zero attached hydrogens (tertiary/aromatic N) is 6. The van der Waals surface area contributed by atoms with Crippen molar-refractivity contribution in [1.82, 2.24) is 28.3 Å². The quantitative estimate of drug-likeness (QED) is 0.761. The van der Waals surface area contributed by atoms with E-state index in [1.165, 1.54) is 20.7 Å². The fourth-order valence-corrected chi connectivity index (χ4v) is 5.43. The van der Waals surface area contributed by atoms with Gasteiger partial charge in [-0.1, -0.05) is 0 Å². The zero-order valence-corrected chi connectivity index (χ0v) is 17.2. The second kappa shape index (κ2) is 6.87. The zero-order chi connectivity index (χ0) is 20.1. The van der Waals surface area contributed by atoms with Crippen LogP contribution in [0.15, 0.2) is 24.3 Å². The number of rotatable bonds is 3. The number of benzene rings is 1. The van der Waals surface area contributed by atoms with Gasteiger partial charge in [-0.05, 0) is 44.2 Å². The summed E-state index contributed by atoms with van der Waals surface area (Å²) in [6.45, 7) is 2.35. The van der Waals surface area contributed by atoms with Gasteiger partial charge >= 0.3 is 0 Å². The molecule has 1 aromatic heterocycles. The van der Waals surface area contributed by atoms with E-state index < -0.39 is 10.2 Å². The molecule has 0 radical (unpaired) electrons. The third kappa shape index (κ3) is 3.14. The Labute approximate surface area is 164 Å². The van der Waals surface area contributed by atoms with Crippen LogP contribution in [0.5, 0.6) is 0 Å². The van der Waals surface area contributed by atoms with Gasteiger partial charge < -0.3 is 4.57 Å². The van der Waals surface area contributed by atoms with Crippen LogP contribution in [0.1, 0.15) is 18.7 Å². The van der Waals surface area contributed by atoms with Crippen LogP contribution in [-0.2, 0) is 22.3 Å². The van der Waals surface area contributed by atoms with Crippen LogP contribution in [0, 0.1) is 5.82 Å². The first kappa shape index (κ1) is 19.4. The van der Waals surface area contributed by atoms with E-state index in [4.69, 9.17) is 0 Å². The van der Waals surface area contributed by atoms with Crippen LogP contribution in [-0.4, -0.2) is 77.5 Å². The molecule has 8 nitrogen and oxygen atoms in total. The molecule has 2 aliphatic heterocycles. The molecule has 0 N–H and O–H groups in total. The van der Waals surface area contributed by atoms with E-state index in [9.17, 15) is 12.8 Å². The summed E-state index contributed by atoms with van der Waals surface area (Å²) < 4.78 is 43.4. The van der Waals surface area contributed by atoms with Crippen molar-refractivity contribution in [3.05, 3.63) is 35.9 Å². The van der Waals surface area contributed by atoms with Crippen molar-refractivity contribution in [1.29, 1.82) is 0 Å². The Morgan fingerprint density at radius 2 is 1.75 bits per heavy atom. The molecule has 10 heteroatoms. The van der Waals surface area contributed by atoms with Gasteiger partial charge in [0.25, 0.3) is 10.2 Å². The smallest absolute Gasteiger partial charge is 0.281 e. The number of halogens is 1. The summed E-state index contributed by atoms with van der Waals surface area (Å²) in [7, 11) is 1.72. The molecule has 1 aromatic carbocycles. The molecule has 0 atom stereocenters. The molecule has 1 fully saturated rings. The fourth-order valence-electron chi connectivity index (χ4n) is 4.32. The van der Waals surface area contributed by atoms with E-state index in [2.05, 4.69) is 19.7 Å². The van der Waals surface area contributed by atoms with E-state index in [0.29, 0.717) is 38.3 Å². The van der Waals surface area contributed by atoms with E-state index in [1.54, 1.807) is 26.2 Å². The maximum absolute atomic E-state index is 13.4. The average Bonchev–Trinajstić information content (AvgIpc) is 3.07. The van der Waals surface area contributed by atoms with E-state index in [1.807, 2.05) is 7.05 Å². The number of hydrogen-bond donors (Lipinski definition) is 0. The van der Waals surface area contributed by atoms with Crippen molar-refractivity contribution in [2.45, 2.75) is 24.9 Å². The summed E-state index contributed by atoms with van der Waals surface area (Å²) in [6, 6.07) is 6.27. The molecule has 2 aliphatic rings. The van der Waals surface area contributed by atoms with Gasteiger partial charge in [-0.25, -0.2) is 4.39 Å². The first-order valence-electron chi connectivity index (χ1n) is 9.30. The second-order valence-corrected chi connectivity index (χ2v) is 10.0. The summed E-state index contributed by atoms with van der Waals surface area (Å²) in [6.07, 6.45) is 1.34. The second-order valence-electron chi connectivity index (χ2n) is 7.87. The van der Waals surface area contributed by atoms with Crippen molar-refractivity contribution in [3.63, 3.8) is 0 Å². The molecular formula is C18H25FN6O2S. The molecule has 0 aliphatic carbocycles. The van der Waals surface area contributed by atoms with Crippen LogP contribution in [0.3, 0.4) is 0 Å². The number of piperidine rings is 1. The normalized spacial score (nSPS) is 20.6. The minimum atomic E-state index is -3.43. The molecular weight excluding hydrogens is 383 g/mol. The summed E-state index contributed by atoms with van der Waals surface area (Å²) in [5, 5.41) is 8.79. The van der Waals surface area contributed by atoms with Crippen LogP contribution in [0.25, 0.3) is 11.4 Å². The largest absolute Gasteiger partial charge is 0.302 e. The highest BCUT2D eigenvalue weighted by Crippen LogP contribution is 2.39. The van der Waals surface area contributed by atoms with E-state index in [-0.39, 0.29) is 11.4 Å². The molecule has 4 rings (SSSR count). The Morgan fingerprint density at radius 1 is 1.11 bits per heavy atom. The van der Waals surface area contributed by atoms with Crippen LogP contribution in [0.2, 0.25) is 0 Å². The lowest BCUT2D eigenvalue weighted by atomic mass is 9.85. The Bertz CT molecular complexity index is 964. The lowest BCUT2D eigenvalue weighted by molar-refractivity contribution is 0.0744. The monoisotopic (exact) mass is 408 g/mol. The molecule has 0 amide bonds. The molecule has 1 saturated heterocycles. The Kier molecular flexibility index (Phi) is 4.77. The Balaban J connectivity index is 1.71. The fraction of sp³-hybridized carbons (Fsp3) is 0.556. The summed E-state index contributed by atoms with van der Waals surface area (Å²) in [4.78, 5) is 2.20. The maximum Gasteiger partial charge on any atom is 0.281 e. The van der Waals surface area contributed by atoms with Gasteiger partial charge in [0.1, 0.15) is 11.6 Å². The summed E-state index contributed by atoms with van der Waals surface area (Å²) in [5.74, 6) is 1.28. The SMILES string of the molecule is CN1Cc2nnc(-c3ccc(F)cc3)n2C2(CCN(S(=O)(=O)N(C)C)CC2)C1. The molecule has 3 heterocycles. The highest BCUT2D eigenvalue weighted by molar-refractivity contribution is 7.86. The minimum absolute atomic E-state index is 0.284. The van der Waals surface area contributed by atoms with Crippen molar-refractivity contribution >= 4 is 10.2 Å². The first-order valence-corrected chi connectivity index (χ1v) is 10.7. The van der Waals surface area contributed by atoms with E-state index >= 15 is 0 Å². The van der Waals surface area contributed by atoms with Gasteiger partial charge in [-0.15, -0.1) is 10.2 Å². The van der Waals surface area contributed by atoms with Gasteiger partial charge in [0.15, 0.2) is 5.82 Å². The van der Waals surface area contributed by atoms with Crippen molar-refractivity contribution in [2.75, 3.05) is 40.8 Å². The van der Waals surface area contributed by atoms with Gasteiger partial charge in [-0.2, -0.15) is 17.0 Å². The van der Waals surface area contributed by atoms with Crippen LogP contribution in [0.4, 0.5) is 4.39 Å². The van der Waals surface area contributed by atoms with Crippen molar-refractivity contribution < 1.29 is 12.8 Å². The van der Waals surface area contributed by atoms with Gasteiger partial charge in [-0.3, -0.25) is 4.90 Å². The molecule has 0 bridgehead atoms. The highest BCUT2D eigenvalue weighted by atomic mass is 32.2. The lowest BCUT2D eigenvalue weighted by Gasteiger charge is -2.48. The molecule has 0 saturated carbocycles. The number of aromatic nitrogens is 3. The Morgan fingerprint density at radius 3 is 2.36 bits per heavy atom. The number of likely N-dealkylation sites (N-methyl/N-ethyl adjacent to an activating group) is 1. The molecule has 28 heavy (non-hydrogen) atoms. The first-order chi connectivity index (χ1) is 13.2. The topological polar surface area (TPSA) is 74.6 Å². The Hall–Kier alpha value is -1.88. The average molecular weight is 409 g/mol.